The second kappa shape index (κ2) is 10.4. The van der Waals surface area contributed by atoms with Gasteiger partial charge in [0.1, 0.15) is 17.9 Å². The van der Waals surface area contributed by atoms with Crippen molar-refractivity contribution in [2.24, 2.45) is 5.92 Å². The fraction of sp³-hybridized carbons (Fsp3) is 0.259. The van der Waals surface area contributed by atoms with Crippen molar-refractivity contribution in [3.05, 3.63) is 79.3 Å². The maximum absolute atomic E-state index is 12.9. The molecule has 2 aromatic heterocycles. The Morgan fingerprint density at radius 1 is 1.00 bits per heavy atom. The molecule has 0 radical (unpaired) electrons. The highest BCUT2D eigenvalue weighted by Gasteiger charge is 2.28. The fourth-order valence-corrected chi connectivity index (χ4v) is 4.34. The lowest BCUT2D eigenvalue weighted by molar-refractivity contribution is -0.135. The zero-order chi connectivity index (χ0) is 24.0. The monoisotopic (exact) mass is 469 g/mol. The molecule has 2 amide bonds. The zero-order valence-corrected chi connectivity index (χ0v) is 19.3. The average Bonchev–Trinajstić information content (AvgIpc) is 3.34. The number of aromatic nitrogens is 3. The summed E-state index contributed by atoms with van der Waals surface area (Å²) in [4.78, 5) is 36.2. The van der Waals surface area contributed by atoms with Gasteiger partial charge in [-0.3, -0.25) is 14.2 Å². The number of hydrogen-bond donors (Lipinski definition) is 1. The van der Waals surface area contributed by atoms with E-state index >= 15 is 0 Å². The van der Waals surface area contributed by atoms with Crippen LogP contribution in [-0.2, 0) is 9.59 Å². The van der Waals surface area contributed by atoms with Crippen molar-refractivity contribution in [2.75, 3.05) is 25.0 Å². The van der Waals surface area contributed by atoms with Crippen molar-refractivity contribution in [3.63, 3.8) is 0 Å². The lowest BCUT2D eigenvalue weighted by Crippen LogP contribution is -2.44. The Morgan fingerprint density at radius 3 is 2.66 bits per heavy atom. The molecular formula is C27H27N5O3. The molecule has 8 nitrogen and oxygen atoms in total. The van der Waals surface area contributed by atoms with Gasteiger partial charge in [-0.05, 0) is 49.2 Å². The molecule has 1 saturated heterocycles. The number of amides is 2. The van der Waals surface area contributed by atoms with Crippen LogP contribution >= 0.6 is 0 Å². The smallest absolute Gasteiger partial charge is 0.229 e. The summed E-state index contributed by atoms with van der Waals surface area (Å²) in [7, 11) is 0. The standard InChI is InChI=1S/C27H27N5O3/c33-26(14-16-35-22-8-2-1-3-9-22)31-15-6-7-20(18-31)27(34)30-21-12-13-25(28-17-21)32-19-29-23-10-4-5-11-24(23)32/h1-5,8-13,17,19-20H,6-7,14-16,18H2,(H,30,34). The van der Waals surface area contributed by atoms with E-state index in [9.17, 15) is 9.59 Å². The molecule has 0 spiro atoms. The van der Waals surface area contributed by atoms with Crippen molar-refractivity contribution in [1.29, 1.82) is 0 Å². The van der Waals surface area contributed by atoms with E-state index in [1.807, 2.05) is 71.3 Å². The Kier molecular flexibility index (Phi) is 6.70. The SMILES string of the molecule is O=C(Nc1ccc(-n2cnc3ccccc32)nc1)C1CCCN(C(=O)CCOc2ccccc2)C1. The molecule has 5 rings (SSSR count). The Balaban J connectivity index is 1.15. The van der Waals surface area contributed by atoms with E-state index < -0.39 is 0 Å². The normalized spacial score (nSPS) is 15.7. The molecule has 8 heteroatoms. The number of nitrogens with zero attached hydrogens (tertiary/aromatic N) is 4. The molecule has 1 atom stereocenters. The van der Waals surface area contributed by atoms with E-state index in [1.54, 1.807) is 17.4 Å². The number of carbonyl (C=O) groups excluding carboxylic acids is 2. The molecule has 0 bridgehead atoms. The lowest BCUT2D eigenvalue weighted by Gasteiger charge is -2.32. The number of anilines is 1. The van der Waals surface area contributed by atoms with Crippen molar-refractivity contribution >= 4 is 28.5 Å². The predicted octanol–water partition coefficient (Wildman–Crippen LogP) is 4.07. The summed E-state index contributed by atoms with van der Waals surface area (Å²) in [6.07, 6.45) is 5.23. The van der Waals surface area contributed by atoms with Gasteiger partial charge in [0.05, 0.1) is 41.9 Å². The first kappa shape index (κ1) is 22.6. The first-order valence-electron chi connectivity index (χ1n) is 11.8. The Labute approximate surface area is 203 Å². The van der Waals surface area contributed by atoms with Crippen LogP contribution in [-0.4, -0.2) is 50.9 Å². The number of rotatable bonds is 7. The molecule has 35 heavy (non-hydrogen) atoms. The highest BCUT2D eigenvalue weighted by Crippen LogP contribution is 2.21. The summed E-state index contributed by atoms with van der Waals surface area (Å²) < 4.78 is 7.55. The number of piperidine rings is 1. The van der Waals surface area contributed by atoms with Crippen molar-refractivity contribution in [3.8, 4) is 11.6 Å². The quantitative estimate of drug-likeness (QED) is 0.441. The van der Waals surface area contributed by atoms with Crippen LogP contribution in [0.1, 0.15) is 19.3 Å². The number of imidazole rings is 1. The van der Waals surface area contributed by atoms with Gasteiger partial charge in [-0.15, -0.1) is 0 Å². The predicted molar refractivity (Wildman–Crippen MR) is 133 cm³/mol. The summed E-state index contributed by atoms with van der Waals surface area (Å²) in [6.45, 7) is 1.41. The fourth-order valence-electron chi connectivity index (χ4n) is 4.34. The van der Waals surface area contributed by atoms with E-state index in [4.69, 9.17) is 4.74 Å². The highest BCUT2D eigenvalue weighted by atomic mass is 16.5. The van der Waals surface area contributed by atoms with Gasteiger partial charge in [0.2, 0.25) is 11.8 Å². The Bertz CT molecular complexity index is 1300. The third-order valence-electron chi connectivity index (χ3n) is 6.19. The van der Waals surface area contributed by atoms with E-state index in [0.29, 0.717) is 25.4 Å². The minimum Gasteiger partial charge on any atom is -0.493 e. The zero-order valence-electron chi connectivity index (χ0n) is 19.3. The van der Waals surface area contributed by atoms with Crippen LogP contribution in [0.3, 0.4) is 0 Å². The third kappa shape index (κ3) is 5.32. The molecule has 4 aromatic rings. The molecule has 0 aliphatic carbocycles. The lowest BCUT2D eigenvalue weighted by atomic mass is 9.96. The van der Waals surface area contributed by atoms with E-state index in [0.717, 1.165) is 35.4 Å². The van der Waals surface area contributed by atoms with Crippen LogP contribution < -0.4 is 10.1 Å². The number of carbonyl (C=O) groups is 2. The molecule has 1 N–H and O–H groups in total. The van der Waals surface area contributed by atoms with Gasteiger partial charge in [-0.2, -0.15) is 0 Å². The first-order valence-corrected chi connectivity index (χ1v) is 11.8. The van der Waals surface area contributed by atoms with Gasteiger partial charge < -0.3 is 15.0 Å². The van der Waals surface area contributed by atoms with E-state index in [1.165, 1.54) is 0 Å². The molecule has 1 aliphatic heterocycles. The second-order valence-electron chi connectivity index (χ2n) is 8.59. The summed E-state index contributed by atoms with van der Waals surface area (Å²) in [5.74, 6) is 1.14. The first-order chi connectivity index (χ1) is 17.2. The van der Waals surface area contributed by atoms with Crippen molar-refractivity contribution < 1.29 is 14.3 Å². The Morgan fingerprint density at radius 2 is 1.83 bits per heavy atom. The Hall–Kier alpha value is -4.20. The van der Waals surface area contributed by atoms with Gasteiger partial charge in [0.15, 0.2) is 0 Å². The van der Waals surface area contributed by atoms with Crippen LogP contribution in [0.4, 0.5) is 5.69 Å². The third-order valence-corrected chi connectivity index (χ3v) is 6.19. The maximum Gasteiger partial charge on any atom is 0.229 e. The topological polar surface area (TPSA) is 89.4 Å². The van der Waals surface area contributed by atoms with Crippen LogP contribution in [0, 0.1) is 5.92 Å². The summed E-state index contributed by atoms with van der Waals surface area (Å²) in [6, 6.07) is 21.0. The molecule has 1 aliphatic rings. The molecule has 1 unspecified atom stereocenters. The second-order valence-corrected chi connectivity index (χ2v) is 8.59. The van der Waals surface area contributed by atoms with Crippen LogP contribution in [0.15, 0.2) is 79.3 Å². The van der Waals surface area contributed by atoms with Gasteiger partial charge in [-0.1, -0.05) is 30.3 Å². The number of nitrogens with one attached hydrogen (secondary N) is 1. The number of benzene rings is 2. The molecular weight excluding hydrogens is 442 g/mol. The summed E-state index contributed by atoms with van der Waals surface area (Å²) in [5.41, 5.74) is 2.50. The minimum atomic E-state index is -0.250. The molecule has 178 valence electrons. The molecule has 2 aromatic carbocycles. The van der Waals surface area contributed by atoms with Gasteiger partial charge >= 0.3 is 0 Å². The number of fused-ring (bicyclic) bond motifs is 1. The maximum atomic E-state index is 12.9. The van der Waals surface area contributed by atoms with E-state index in [-0.39, 0.29) is 24.2 Å². The highest BCUT2D eigenvalue weighted by molar-refractivity contribution is 5.93. The van der Waals surface area contributed by atoms with Crippen molar-refractivity contribution in [2.45, 2.75) is 19.3 Å². The molecule has 1 fully saturated rings. The minimum absolute atomic E-state index is 0.0111. The van der Waals surface area contributed by atoms with Gasteiger partial charge in [0, 0.05) is 13.1 Å². The van der Waals surface area contributed by atoms with Crippen LogP contribution in [0.5, 0.6) is 5.75 Å². The largest absolute Gasteiger partial charge is 0.493 e. The number of hydrogen-bond acceptors (Lipinski definition) is 5. The number of likely N-dealkylation sites (tertiary alicyclic amines) is 1. The molecule has 3 heterocycles. The van der Waals surface area contributed by atoms with E-state index in [2.05, 4.69) is 15.3 Å². The van der Waals surface area contributed by atoms with Crippen LogP contribution in [0.25, 0.3) is 16.9 Å². The number of ether oxygens (including phenoxy) is 1. The van der Waals surface area contributed by atoms with Gasteiger partial charge in [-0.25, -0.2) is 9.97 Å². The van der Waals surface area contributed by atoms with Crippen LogP contribution in [0.2, 0.25) is 0 Å². The average molecular weight is 470 g/mol. The van der Waals surface area contributed by atoms with Gasteiger partial charge in [0.25, 0.3) is 0 Å². The summed E-state index contributed by atoms with van der Waals surface area (Å²) in [5, 5.41) is 2.96. The summed E-state index contributed by atoms with van der Waals surface area (Å²) >= 11 is 0. The van der Waals surface area contributed by atoms with Crippen molar-refractivity contribution in [1.82, 2.24) is 19.4 Å². The molecule has 0 saturated carbocycles. The number of para-hydroxylation sites is 3. The number of pyridine rings is 1.